The van der Waals surface area contributed by atoms with E-state index in [9.17, 15) is 19.2 Å². The lowest BCUT2D eigenvalue weighted by molar-refractivity contribution is -0.158. The molecule has 0 spiro atoms. The fourth-order valence-electron chi connectivity index (χ4n) is 8.19. The highest BCUT2D eigenvalue weighted by Gasteiger charge is 2.19. The van der Waals surface area contributed by atoms with Gasteiger partial charge in [0.15, 0.2) is 6.29 Å². The summed E-state index contributed by atoms with van der Waals surface area (Å²) in [5, 5.41) is 0. The molecule has 0 N–H and O–H groups in total. The Balaban J connectivity index is 2.95. The van der Waals surface area contributed by atoms with Crippen molar-refractivity contribution in [1.29, 1.82) is 0 Å². The van der Waals surface area contributed by atoms with E-state index in [0.29, 0.717) is 74.8 Å². The topological polar surface area (TPSA) is 136 Å². The van der Waals surface area contributed by atoms with Crippen LogP contribution in [-0.2, 0) is 67.4 Å². The molecule has 0 saturated carbocycles. The van der Waals surface area contributed by atoms with Crippen LogP contribution in [0, 0.1) is 23.7 Å². The fourth-order valence-corrected chi connectivity index (χ4v) is 8.19. The Morgan fingerprint density at radius 3 is 1.48 bits per heavy atom. The van der Waals surface area contributed by atoms with E-state index in [0.717, 1.165) is 129 Å². The number of nitrogens with zero attached hydrogens (tertiary/aromatic N) is 1. The molecular formula is C65H105NO11. The van der Waals surface area contributed by atoms with Crippen molar-refractivity contribution in [3.05, 3.63) is 59.2 Å². The van der Waals surface area contributed by atoms with Gasteiger partial charge in [-0.3, -0.25) is 14.4 Å². The lowest BCUT2D eigenvalue weighted by atomic mass is 10.1. The van der Waals surface area contributed by atoms with Gasteiger partial charge in [0.1, 0.15) is 25.9 Å². The number of allylic oxidation sites excluding steroid dienone is 4. The van der Waals surface area contributed by atoms with Gasteiger partial charge in [0.25, 0.3) is 0 Å². The molecule has 12 nitrogen and oxygen atoms in total. The van der Waals surface area contributed by atoms with Crippen molar-refractivity contribution in [3.63, 3.8) is 0 Å². The molecule has 1 aromatic carbocycles. The number of rotatable bonds is 48. The standard InChI is InChI=1S/C65H105NO11/c1-7-13-17-21-24-25-26-27-28-29-30-31-32-33-37-42-61(67)74-54-57-51-58(55-75-62(68)44-43-60(41-36-20-16-10-4)77-65(70)73-50-40-47-66(11-5)12-6)53-59(52-57)56-76-63(69)45-46-64(71-48-38-34-22-18-14-8-2)72-49-39-35-23-19-15-9-3/h24-25,27-28,51-53,60,64H,7-21,26,29-33,36-50,54-56H2,1-6H3/b25-24-,28-27-. The minimum absolute atomic E-state index is 0.0206. The third-order valence-electron chi connectivity index (χ3n) is 12.9. The van der Waals surface area contributed by atoms with Crippen LogP contribution in [0.15, 0.2) is 42.5 Å². The summed E-state index contributed by atoms with van der Waals surface area (Å²) in [6.07, 6.45) is 33.1. The maximum Gasteiger partial charge on any atom is 0.508 e. The Hall–Kier alpha value is -4.62. The van der Waals surface area contributed by atoms with Crippen LogP contribution < -0.4 is 0 Å². The second-order valence-corrected chi connectivity index (χ2v) is 19.9. The largest absolute Gasteiger partial charge is 0.508 e. The third kappa shape index (κ3) is 44.0. The van der Waals surface area contributed by atoms with Gasteiger partial charge in [-0.05, 0) is 125 Å². The van der Waals surface area contributed by atoms with Gasteiger partial charge in [0, 0.05) is 51.5 Å². The third-order valence-corrected chi connectivity index (χ3v) is 12.9. The molecule has 436 valence electrons. The average molecular weight is 1080 g/mol. The smallest absolute Gasteiger partial charge is 0.461 e. The number of esters is 3. The molecule has 0 fully saturated rings. The number of hydrogen-bond donors (Lipinski definition) is 0. The van der Waals surface area contributed by atoms with Crippen LogP contribution >= 0.6 is 0 Å². The normalized spacial score (nSPS) is 11.6. The molecule has 0 bridgehead atoms. The minimum atomic E-state index is -0.714. The summed E-state index contributed by atoms with van der Waals surface area (Å²) in [5.41, 5.74) is 2.01. The van der Waals surface area contributed by atoms with Crippen molar-refractivity contribution in [3.8, 4) is 23.7 Å². The van der Waals surface area contributed by atoms with Crippen LogP contribution in [-0.4, -0.2) is 80.8 Å². The molecule has 0 aliphatic heterocycles. The van der Waals surface area contributed by atoms with Gasteiger partial charge in [-0.25, -0.2) is 4.79 Å². The highest BCUT2D eigenvalue weighted by molar-refractivity contribution is 5.70. The van der Waals surface area contributed by atoms with E-state index in [4.69, 9.17) is 33.2 Å². The molecule has 0 radical (unpaired) electrons. The lowest BCUT2D eigenvalue weighted by Crippen LogP contribution is -2.26. The van der Waals surface area contributed by atoms with Crippen LogP contribution in [0.25, 0.3) is 0 Å². The van der Waals surface area contributed by atoms with E-state index in [-0.39, 0.29) is 45.2 Å². The van der Waals surface area contributed by atoms with Crippen LogP contribution in [0.2, 0.25) is 0 Å². The summed E-state index contributed by atoms with van der Waals surface area (Å²) in [6.45, 7) is 16.6. The number of carbonyl (C=O) groups is 4. The van der Waals surface area contributed by atoms with Crippen LogP contribution in [0.1, 0.15) is 251 Å². The second-order valence-electron chi connectivity index (χ2n) is 19.9. The molecule has 1 unspecified atom stereocenters. The van der Waals surface area contributed by atoms with Crippen LogP contribution in [0.4, 0.5) is 4.79 Å². The highest BCUT2D eigenvalue weighted by atomic mass is 16.7. The second kappa shape index (κ2) is 52.1. The first-order valence-electron chi connectivity index (χ1n) is 30.3. The minimum Gasteiger partial charge on any atom is -0.461 e. The molecule has 0 aromatic heterocycles. The summed E-state index contributed by atoms with van der Waals surface area (Å²) in [4.78, 5) is 54.3. The summed E-state index contributed by atoms with van der Waals surface area (Å²) in [5.74, 6) is 11.5. The van der Waals surface area contributed by atoms with Crippen molar-refractivity contribution in [2.75, 3.05) is 39.5 Å². The van der Waals surface area contributed by atoms with Crippen molar-refractivity contribution in [2.45, 2.75) is 266 Å². The Labute approximate surface area is 468 Å². The number of benzene rings is 1. The predicted octanol–water partition coefficient (Wildman–Crippen LogP) is 15.9. The fraction of sp³-hybridized carbons (Fsp3) is 0.723. The summed E-state index contributed by atoms with van der Waals surface area (Å²) < 4.78 is 40.4. The van der Waals surface area contributed by atoms with Crippen molar-refractivity contribution in [1.82, 2.24) is 4.90 Å². The summed E-state index contributed by atoms with van der Waals surface area (Å²) in [6, 6.07) is 5.50. The van der Waals surface area contributed by atoms with Gasteiger partial charge in [-0.1, -0.05) is 130 Å². The van der Waals surface area contributed by atoms with Gasteiger partial charge >= 0.3 is 24.1 Å². The summed E-state index contributed by atoms with van der Waals surface area (Å²) >= 11 is 0. The molecule has 1 rings (SSSR count). The Bertz CT molecular complexity index is 1800. The quantitative estimate of drug-likeness (QED) is 0.0153. The van der Waals surface area contributed by atoms with E-state index < -0.39 is 30.5 Å². The molecule has 0 heterocycles. The van der Waals surface area contributed by atoms with E-state index in [1.54, 1.807) is 0 Å². The number of unbranched alkanes of at least 4 members (excludes halogenated alkanes) is 15. The van der Waals surface area contributed by atoms with Crippen molar-refractivity contribution >= 4 is 24.1 Å². The van der Waals surface area contributed by atoms with Crippen LogP contribution in [0.5, 0.6) is 0 Å². The van der Waals surface area contributed by atoms with Gasteiger partial charge < -0.3 is 38.1 Å². The van der Waals surface area contributed by atoms with E-state index in [1.807, 2.05) is 18.2 Å². The molecule has 0 aliphatic rings. The van der Waals surface area contributed by atoms with Gasteiger partial charge in [-0.15, -0.1) is 23.7 Å². The van der Waals surface area contributed by atoms with Gasteiger partial charge in [-0.2, -0.15) is 0 Å². The maximum atomic E-state index is 13.2. The Morgan fingerprint density at radius 2 is 0.935 bits per heavy atom. The van der Waals surface area contributed by atoms with Gasteiger partial charge in [0.2, 0.25) is 0 Å². The van der Waals surface area contributed by atoms with E-state index >= 15 is 0 Å². The van der Waals surface area contributed by atoms with Crippen LogP contribution in [0.3, 0.4) is 0 Å². The van der Waals surface area contributed by atoms with E-state index in [2.05, 4.69) is 94.4 Å². The monoisotopic (exact) mass is 1080 g/mol. The SMILES string of the molecule is CCCCC#CCCOC(CCC(=O)OCc1cc(COC(=O)CCCCCCC/C=C\C/C=C\CCCCC)cc(COC(=O)CCC(CCCCCC)OC(=O)OCCCN(CC)CC)c1)OCCC#CCCCC. The summed E-state index contributed by atoms with van der Waals surface area (Å²) in [7, 11) is 0. The lowest BCUT2D eigenvalue weighted by Gasteiger charge is -2.19. The van der Waals surface area contributed by atoms with Crippen molar-refractivity contribution in [2.24, 2.45) is 0 Å². The van der Waals surface area contributed by atoms with E-state index in [1.165, 1.54) is 25.7 Å². The zero-order valence-electron chi connectivity index (χ0n) is 49.2. The molecule has 0 saturated heterocycles. The zero-order valence-corrected chi connectivity index (χ0v) is 49.2. The van der Waals surface area contributed by atoms with Gasteiger partial charge in [0.05, 0.1) is 26.2 Å². The molecule has 1 aromatic rings. The molecule has 0 amide bonds. The van der Waals surface area contributed by atoms with Crippen molar-refractivity contribution < 1.29 is 52.3 Å². The average Bonchev–Trinajstić information content (AvgIpc) is 3.43. The zero-order chi connectivity index (χ0) is 56.1. The molecular weight excluding hydrogens is 971 g/mol. The number of carbonyl (C=O) groups excluding carboxylic acids is 4. The molecule has 1 atom stereocenters. The number of ether oxygens (including phenoxy) is 7. The molecule has 0 aliphatic carbocycles. The Morgan fingerprint density at radius 1 is 0.468 bits per heavy atom. The number of hydrogen-bond acceptors (Lipinski definition) is 12. The molecule has 77 heavy (non-hydrogen) atoms. The maximum absolute atomic E-state index is 13.2. The first-order valence-corrected chi connectivity index (χ1v) is 30.3. The Kier molecular flexibility index (Phi) is 47.6. The predicted molar refractivity (Wildman–Crippen MR) is 311 cm³/mol. The first kappa shape index (κ1) is 70.4. The molecule has 12 heteroatoms. The first-order chi connectivity index (χ1) is 37.7. The highest BCUT2D eigenvalue weighted by Crippen LogP contribution is 2.19.